The van der Waals surface area contributed by atoms with Gasteiger partial charge in [0.1, 0.15) is 12.2 Å². The largest absolute Gasteiger partial charge is 0.361 e. The van der Waals surface area contributed by atoms with E-state index in [4.69, 9.17) is 20.0 Å². The first kappa shape index (κ1) is 24.6. The summed E-state index contributed by atoms with van der Waals surface area (Å²) < 4.78 is 10.00. The number of nitrogens with one attached hydrogen (secondary N) is 1. The van der Waals surface area contributed by atoms with Crippen molar-refractivity contribution in [1.82, 2.24) is 29.6 Å². The Balaban J connectivity index is 1.61. The van der Waals surface area contributed by atoms with Crippen molar-refractivity contribution in [3.05, 3.63) is 30.4 Å². The Morgan fingerprint density at radius 1 is 1.24 bits per heavy atom. The summed E-state index contributed by atoms with van der Waals surface area (Å²) in [6.07, 6.45) is 12.9. The van der Waals surface area contributed by atoms with Gasteiger partial charge in [-0.15, -0.1) is 0 Å². The molecule has 0 bridgehead atoms. The molecular weight excluding hydrogens is 442 g/mol. The lowest BCUT2D eigenvalue weighted by Gasteiger charge is -2.29. The molecule has 34 heavy (non-hydrogen) atoms. The normalized spacial score (nSPS) is 18.9. The summed E-state index contributed by atoms with van der Waals surface area (Å²) in [6.45, 7) is 9.14. The Hall–Kier alpha value is -2.54. The van der Waals surface area contributed by atoms with Crippen LogP contribution in [0, 0.1) is 11.3 Å². The smallest absolute Gasteiger partial charge is 0.160 e. The van der Waals surface area contributed by atoms with Crippen molar-refractivity contribution in [2.75, 3.05) is 13.2 Å². The van der Waals surface area contributed by atoms with Gasteiger partial charge in [0.2, 0.25) is 0 Å². The zero-order chi connectivity index (χ0) is 24.1. The molecule has 3 aromatic heterocycles. The van der Waals surface area contributed by atoms with Gasteiger partial charge in [0, 0.05) is 64.3 Å². The highest BCUT2D eigenvalue weighted by molar-refractivity contribution is 6.76. The van der Waals surface area contributed by atoms with Gasteiger partial charge in [0.15, 0.2) is 5.65 Å². The predicted octanol–water partition coefficient (Wildman–Crippen LogP) is 4.67. The minimum Gasteiger partial charge on any atom is -0.361 e. The fourth-order valence-electron chi connectivity index (χ4n) is 4.70. The van der Waals surface area contributed by atoms with Gasteiger partial charge in [-0.1, -0.05) is 26.1 Å². The standard InChI is InChI=1S/C25H37N7OSi/c1-31-16-20(14-29-31)23-15-28-25-24(30-23)22(17-32(25)18-33-11-12-34(2,3)4)19-7-5-8-21(13-19)27-10-6-9-26/h14-17,19,21,27H,5-8,10-13,18H2,1-4H3. The van der Waals surface area contributed by atoms with Crippen LogP contribution in [0.3, 0.4) is 0 Å². The predicted molar refractivity (Wildman–Crippen MR) is 137 cm³/mol. The number of ether oxygens (including phenoxy) is 1. The van der Waals surface area contributed by atoms with Gasteiger partial charge in [-0.3, -0.25) is 4.68 Å². The molecule has 9 heteroatoms. The summed E-state index contributed by atoms with van der Waals surface area (Å²) in [5.41, 5.74) is 4.93. The Morgan fingerprint density at radius 2 is 2.09 bits per heavy atom. The Labute approximate surface area is 203 Å². The Kier molecular flexibility index (Phi) is 7.81. The van der Waals surface area contributed by atoms with Crippen molar-refractivity contribution in [2.24, 2.45) is 7.05 Å². The number of hydrogen-bond acceptors (Lipinski definition) is 6. The molecule has 3 aromatic rings. The molecule has 4 rings (SSSR count). The van der Waals surface area contributed by atoms with E-state index in [-0.39, 0.29) is 0 Å². The van der Waals surface area contributed by atoms with Crippen LogP contribution in [0.5, 0.6) is 0 Å². The molecule has 1 aliphatic carbocycles. The van der Waals surface area contributed by atoms with Gasteiger partial charge >= 0.3 is 0 Å². The molecule has 0 radical (unpaired) electrons. The minimum absolute atomic E-state index is 0.414. The summed E-state index contributed by atoms with van der Waals surface area (Å²) >= 11 is 0. The van der Waals surface area contributed by atoms with Gasteiger partial charge in [-0.05, 0) is 31.2 Å². The van der Waals surface area contributed by atoms with Gasteiger partial charge in [-0.25, -0.2) is 9.97 Å². The number of fused-ring (bicyclic) bond motifs is 1. The molecule has 3 heterocycles. The fraction of sp³-hybridized carbons (Fsp3) is 0.600. The maximum absolute atomic E-state index is 8.88. The van der Waals surface area contributed by atoms with E-state index in [2.05, 4.69) is 46.9 Å². The first-order chi connectivity index (χ1) is 16.3. The molecule has 2 atom stereocenters. The molecule has 2 unspecified atom stereocenters. The number of aromatic nitrogens is 5. The fourth-order valence-corrected chi connectivity index (χ4v) is 5.45. The van der Waals surface area contributed by atoms with Crippen LogP contribution in [-0.2, 0) is 18.5 Å². The zero-order valence-electron chi connectivity index (χ0n) is 20.9. The molecule has 1 N–H and O–H groups in total. The van der Waals surface area contributed by atoms with E-state index in [9.17, 15) is 0 Å². The second-order valence-electron chi connectivity index (χ2n) is 10.7. The van der Waals surface area contributed by atoms with E-state index in [1.54, 1.807) is 4.68 Å². The monoisotopic (exact) mass is 479 g/mol. The van der Waals surface area contributed by atoms with Crippen molar-refractivity contribution >= 4 is 19.2 Å². The maximum Gasteiger partial charge on any atom is 0.160 e. The molecule has 0 aromatic carbocycles. The summed E-state index contributed by atoms with van der Waals surface area (Å²) in [5, 5.41) is 16.8. The van der Waals surface area contributed by atoms with Gasteiger partial charge < -0.3 is 14.6 Å². The SMILES string of the molecule is Cn1cc(-c2cnc3c(n2)c(C2CCCC(NCCC#N)C2)cn3COCC[Si](C)(C)C)cn1. The van der Waals surface area contributed by atoms with Crippen LogP contribution < -0.4 is 5.32 Å². The average molecular weight is 480 g/mol. The molecule has 1 fully saturated rings. The van der Waals surface area contributed by atoms with Crippen LogP contribution in [0.25, 0.3) is 22.4 Å². The van der Waals surface area contributed by atoms with E-state index in [0.717, 1.165) is 60.9 Å². The second kappa shape index (κ2) is 10.8. The van der Waals surface area contributed by atoms with Crippen molar-refractivity contribution in [3.63, 3.8) is 0 Å². The highest BCUT2D eigenvalue weighted by Gasteiger charge is 2.27. The van der Waals surface area contributed by atoms with E-state index < -0.39 is 8.07 Å². The first-order valence-corrected chi connectivity index (χ1v) is 16.1. The van der Waals surface area contributed by atoms with Crippen LogP contribution >= 0.6 is 0 Å². The second-order valence-corrected chi connectivity index (χ2v) is 16.3. The highest BCUT2D eigenvalue weighted by Crippen LogP contribution is 2.37. The summed E-state index contributed by atoms with van der Waals surface area (Å²) in [4.78, 5) is 9.90. The quantitative estimate of drug-likeness (QED) is 0.335. The number of aryl methyl sites for hydroxylation is 1. The zero-order valence-corrected chi connectivity index (χ0v) is 21.9. The van der Waals surface area contributed by atoms with Gasteiger partial charge in [-0.2, -0.15) is 10.4 Å². The average Bonchev–Trinajstić information content (AvgIpc) is 3.40. The van der Waals surface area contributed by atoms with Crippen molar-refractivity contribution in [3.8, 4) is 17.3 Å². The lowest BCUT2D eigenvalue weighted by molar-refractivity contribution is 0.0897. The third-order valence-corrected chi connectivity index (χ3v) is 8.31. The van der Waals surface area contributed by atoms with Crippen LogP contribution in [0.2, 0.25) is 25.7 Å². The molecule has 8 nitrogen and oxygen atoms in total. The Morgan fingerprint density at radius 3 is 2.82 bits per heavy atom. The van der Waals surface area contributed by atoms with Crippen LogP contribution in [0.4, 0.5) is 0 Å². The van der Waals surface area contributed by atoms with E-state index in [0.29, 0.717) is 25.1 Å². The lowest BCUT2D eigenvalue weighted by Crippen LogP contribution is -2.34. The summed E-state index contributed by atoms with van der Waals surface area (Å²) in [5.74, 6) is 0.414. The van der Waals surface area contributed by atoms with Crippen molar-refractivity contribution < 1.29 is 4.74 Å². The van der Waals surface area contributed by atoms with Crippen LogP contribution in [-0.4, -0.2) is 51.6 Å². The molecule has 1 saturated carbocycles. The number of nitrogens with zero attached hydrogens (tertiary/aromatic N) is 6. The van der Waals surface area contributed by atoms with Crippen LogP contribution in [0.1, 0.15) is 43.6 Å². The molecular formula is C25H37N7OSi. The molecule has 182 valence electrons. The molecule has 0 spiro atoms. The maximum atomic E-state index is 8.88. The topological polar surface area (TPSA) is 93.6 Å². The molecule has 0 aliphatic heterocycles. The first-order valence-electron chi connectivity index (χ1n) is 12.4. The number of nitriles is 1. The van der Waals surface area contributed by atoms with Gasteiger partial charge in [0.25, 0.3) is 0 Å². The number of hydrogen-bond donors (Lipinski definition) is 1. The van der Waals surface area contributed by atoms with Crippen molar-refractivity contribution in [1.29, 1.82) is 5.26 Å². The summed E-state index contributed by atoms with van der Waals surface area (Å²) in [7, 11) is 0.781. The summed E-state index contributed by atoms with van der Waals surface area (Å²) in [6, 6.07) is 3.82. The van der Waals surface area contributed by atoms with Crippen LogP contribution in [0.15, 0.2) is 24.8 Å². The third-order valence-electron chi connectivity index (χ3n) is 6.60. The minimum atomic E-state index is -1.13. The molecule has 0 amide bonds. The molecule has 0 saturated heterocycles. The Bertz CT molecular complexity index is 1140. The van der Waals surface area contributed by atoms with Crippen molar-refractivity contribution in [2.45, 2.75) is 76.5 Å². The van der Waals surface area contributed by atoms with Gasteiger partial charge in [0.05, 0.1) is 24.2 Å². The number of rotatable bonds is 10. The lowest BCUT2D eigenvalue weighted by atomic mass is 9.82. The highest BCUT2D eigenvalue weighted by atomic mass is 28.3. The van der Waals surface area contributed by atoms with E-state index in [1.807, 2.05) is 25.6 Å². The van der Waals surface area contributed by atoms with E-state index >= 15 is 0 Å². The third kappa shape index (κ3) is 6.12. The molecule has 1 aliphatic rings. The van der Waals surface area contributed by atoms with E-state index in [1.165, 1.54) is 12.0 Å².